The number of halogens is 1. The molecular formula is C25H25ClN2O7S2. The normalized spacial score (nSPS) is 12.5. The van der Waals surface area contributed by atoms with E-state index >= 15 is 0 Å². The highest BCUT2D eigenvalue weighted by Crippen LogP contribution is 2.35. The van der Waals surface area contributed by atoms with Crippen LogP contribution in [0.3, 0.4) is 0 Å². The Morgan fingerprint density at radius 3 is 2.24 bits per heavy atom. The summed E-state index contributed by atoms with van der Waals surface area (Å²) in [6.07, 6.45) is 0.952. The largest absolute Gasteiger partial charge is 0.506 e. The van der Waals surface area contributed by atoms with E-state index < -0.39 is 42.5 Å². The van der Waals surface area contributed by atoms with Crippen molar-refractivity contribution in [2.75, 3.05) is 16.9 Å². The molecule has 196 valence electrons. The van der Waals surface area contributed by atoms with Gasteiger partial charge in [-0.2, -0.15) is 0 Å². The fourth-order valence-electron chi connectivity index (χ4n) is 3.64. The van der Waals surface area contributed by atoms with Crippen LogP contribution in [-0.2, 0) is 24.5 Å². The lowest BCUT2D eigenvalue weighted by Gasteiger charge is -2.18. The number of hydrogen-bond acceptors (Lipinski definition) is 7. The summed E-state index contributed by atoms with van der Waals surface area (Å²) in [7, 11) is -7.71. The molecule has 12 heteroatoms. The number of nitrogens with one attached hydrogen (secondary N) is 2. The van der Waals surface area contributed by atoms with E-state index in [-0.39, 0.29) is 38.2 Å². The van der Waals surface area contributed by atoms with Crippen molar-refractivity contribution in [1.82, 2.24) is 0 Å². The summed E-state index contributed by atoms with van der Waals surface area (Å²) >= 11 is 6.26. The van der Waals surface area contributed by atoms with E-state index in [2.05, 4.69) is 10.6 Å². The summed E-state index contributed by atoms with van der Waals surface area (Å²) in [6.45, 7) is 3.30. The third kappa shape index (κ3) is 6.30. The maximum absolute atomic E-state index is 13.1. The Morgan fingerprint density at radius 1 is 0.946 bits per heavy atom. The van der Waals surface area contributed by atoms with E-state index in [0.29, 0.717) is 0 Å². The van der Waals surface area contributed by atoms with Gasteiger partial charge >= 0.3 is 0 Å². The van der Waals surface area contributed by atoms with Gasteiger partial charge in [0.2, 0.25) is 5.91 Å². The zero-order valence-corrected chi connectivity index (χ0v) is 22.5. The third-order valence-electron chi connectivity index (χ3n) is 5.48. The molecule has 0 saturated carbocycles. The van der Waals surface area contributed by atoms with Crippen molar-refractivity contribution in [1.29, 1.82) is 0 Å². The fourth-order valence-corrected chi connectivity index (χ4v) is 6.46. The van der Waals surface area contributed by atoms with Gasteiger partial charge in [-0.05, 0) is 49.2 Å². The summed E-state index contributed by atoms with van der Waals surface area (Å²) in [4.78, 5) is 25.5. The van der Waals surface area contributed by atoms with Crippen molar-refractivity contribution in [3.05, 3.63) is 76.8 Å². The minimum Gasteiger partial charge on any atom is -0.506 e. The summed E-state index contributed by atoms with van der Waals surface area (Å²) in [5.74, 6) is -2.14. The molecule has 0 radical (unpaired) electrons. The quantitative estimate of drug-likeness (QED) is 0.347. The average Bonchev–Trinajstić information content (AvgIpc) is 2.82. The highest BCUT2D eigenvalue weighted by Gasteiger charge is 2.33. The number of carbonyl (C=O) groups is 2. The predicted molar refractivity (Wildman–Crippen MR) is 142 cm³/mol. The van der Waals surface area contributed by atoms with Crippen LogP contribution in [0.1, 0.15) is 29.3 Å². The molecule has 0 aliphatic heterocycles. The molecule has 0 aromatic heterocycles. The Balaban J connectivity index is 1.85. The molecule has 0 spiro atoms. The van der Waals surface area contributed by atoms with Crippen molar-refractivity contribution in [3.63, 3.8) is 0 Å². The van der Waals surface area contributed by atoms with Gasteiger partial charge in [-0.1, -0.05) is 42.8 Å². The molecule has 3 N–H and O–H groups in total. The van der Waals surface area contributed by atoms with Gasteiger partial charge in [0.05, 0.1) is 31.8 Å². The topological polar surface area (TPSA) is 147 Å². The Kier molecular flexibility index (Phi) is 8.31. The van der Waals surface area contributed by atoms with Crippen molar-refractivity contribution in [3.8, 4) is 5.75 Å². The predicted octanol–water partition coefficient (Wildman–Crippen LogP) is 4.20. The highest BCUT2D eigenvalue weighted by molar-refractivity contribution is 7.92. The molecule has 0 fully saturated rings. The van der Waals surface area contributed by atoms with Crippen LogP contribution < -0.4 is 10.6 Å². The summed E-state index contributed by atoms with van der Waals surface area (Å²) in [6, 6.07) is 14.0. The number of benzene rings is 3. The van der Waals surface area contributed by atoms with Gasteiger partial charge in [0.15, 0.2) is 19.7 Å². The second-order valence-corrected chi connectivity index (χ2v) is 12.8. The first-order valence-corrected chi connectivity index (χ1v) is 14.8. The van der Waals surface area contributed by atoms with Crippen LogP contribution in [0.5, 0.6) is 5.75 Å². The van der Waals surface area contributed by atoms with Gasteiger partial charge in [0.25, 0.3) is 5.91 Å². The van der Waals surface area contributed by atoms with Crippen LogP contribution in [0.25, 0.3) is 0 Å². The maximum Gasteiger partial charge on any atom is 0.257 e. The first kappa shape index (κ1) is 28.2. The number of carbonyl (C=O) groups excluding carboxylic acids is 2. The number of phenols is 1. The Morgan fingerprint density at radius 2 is 1.62 bits per heavy atom. The van der Waals surface area contributed by atoms with Gasteiger partial charge in [-0.15, -0.1) is 0 Å². The number of sulfone groups is 2. The first-order valence-electron chi connectivity index (χ1n) is 11.0. The van der Waals surface area contributed by atoms with E-state index in [9.17, 15) is 31.5 Å². The number of hydrogen-bond donors (Lipinski definition) is 3. The number of aromatic hydroxyl groups is 1. The highest BCUT2D eigenvalue weighted by atomic mass is 35.5. The molecule has 9 nitrogen and oxygen atoms in total. The standard InChI is InChI=1S/C25H25ClN2O7S2/c1-4-22(37(34,35)16-9-7-8-15(2)12-16)25(31)27-19-14-21(29)20(13-18(19)26)28-24(30)17-10-5-6-11-23(17)36(3,32)33/h5-14,22,29H,4H2,1-3H3,(H,27,31)(H,28,30). The zero-order valence-electron chi connectivity index (χ0n) is 20.1. The number of amides is 2. The van der Waals surface area contributed by atoms with Crippen molar-refractivity contribution >= 4 is 54.5 Å². The molecule has 3 aromatic carbocycles. The smallest absolute Gasteiger partial charge is 0.257 e. The molecule has 0 saturated heterocycles. The van der Waals surface area contributed by atoms with Crippen LogP contribution in [0.15, 0.2) is 70.5 Å². The average molecular weight is 565 g/mol. The van der Waals surface area contributed by atoms with Crippen molar-refractivity contribution < 1.29 is 31.5 Å². The van der Waals surface area contributed by atoms with Gasteiger partial charge < -0.3 is 15.7 Å². The summed E-state index contributed by atoms with van der Waals surface area (Å²) < 4.78 is 50.2. The molecule has 2 amide bonds. The molecule has 0 heterocycles. The molecule has 3 rings (SSSR count). The van der Waals surface area contributed by atoms with Crippen LogP contribution in [0.2, 0.25) is 5.02 Å². The van der Waals surface area contributed by atoms with Crippen LogP contribution in [0.4, 0.5) is 11.4 Å². The van der Waals surface area contributed by atoms with E-state index in [1.54, 1.807) is 26.0 Å². The number of anilines is 2. The van der Waals surface area contributed by atoms with E-state index in [1.807, 2.05) is 0 Å². The van der Waals surface area contributed by atoms with E-state index in [4.69, 9.17) is 11.6 Å². The molecule has 1 unspecified atom stereocenters. The number of rotatable bonds is 8. The lowest BCUT2D eigenvalue weighted by atomic mass is 10.2. The number of aryl methyl sites for hydroxylation is 1. The molecule has 3 aromatic rings. The van der Waals surface area contributed by atoms with Gasteiger partial charge in [0.1, 0.15) is 11.0 Å². The van der Waals surface area contributed by atoms with E-state index in [0.717, 1.165) is 24.0 Å². The molecule has 0 bridgehead atoms. The molecule has 0 aliphatic carbocycles. The minimum absolute atomic E-state index is 0.0101. The molecular weight excluding hydrogens is 540 g/mol. The zero-order chi connectivity index (χ0) is 27.5. The van der Waals surface area contributed by atoms with Gasteiger partial charge in [-0.25, -0.2) is 16.8 Å². The minimum atomic E-state index is -4.01. The van der Waals surface area contributed by atoms with Crippen LogP contribution in [0, 0.1) is 6.92 Å². The van der Waals surface area contributed by atoms with Crippen molar-refractivity contribution in [2.45, 2.75) is 35.3 Å². The summed E-state index contributed by atoms with van der Waals surface area (Å²) in [5.41, 5.74) is 0.374. The summed E-state index contributed by atoms with van der Waals surface area (Å²) in [5, 5.41) is 13.8. The Bertz CT molecular complexity index is 1590. The second kappa shape index (κ2) is 10.9. The van der Waals surface area contributed by atoms with E-state index in [1.165, 1.54) is 36.4 Å². The van der Waals surface area contributed by atoms with Gasteiger partial charge in [-0.3, -0.25) is 9.59 Å². The molecule has 1 atom stereocenters. The fraction of sp³-hybridized carbons (Fsp3) is 0.200. The first-order chi connectivity index (χ1) is 17.3. The van der Waals surface area contributed by atoms with Crippen LogP contribution >= 0.6 is 11.6 Å². The van der Waals surface area contributed by atoms with Gasteiger partial charge in [0, 0.05) is 12.3 Å². The third-order valence-corrected chi connectivity index (χ3v) is 9.15. The lowest BCUT2D eigenvalue weighted by molar-refractivity contribution is -0.115. The SMILES string of the molecule is CCC(C(=O)Nc1cc(O)c(NC(=O)c2ccccc2S(C)(=O)=O)cc1Cl)S(=O)(=O)c1cccc(C)c1. The molecule has 0 aliphatic rings. The Labute approximate surface area is 220 Å². The second-order valence-electron chi connectivity index (χ2n) is 8.32. The monoisotopic (exact) mass is 564 g/mol. The lowest BCUT2D eigenvalue weighted by Crippen LogP contribution is -2.34. The van der Waals surface area contributed by atoms with Crippen molar-refractivity contribution in [2.24, 2.45) is 0 Å². The van der Waals surface area contributed by atoms with Crippen LogP contribution in [-0.4, -0.2) is 45.3 Å². The Hall–Kier alpha value is -3.41. The number of phenolic OH excluding ortho intramolecular Hbond substituents is 1. The maximum atomic E-state index is 13.1. The molecule has 37 heavy (non-hydrogen) atoms.